The number of hydrogen-bond acceptors (Lipinski definition) is 4. The van der Waals surface area contributed by atoms with Crippen molar-refractivity contribution in [1.29, 1.82) is 0 Å². The Morgan fingerprint density at radius 3 is 2.55 bits per heavy atom. The molecule has 0 unspecified atom stereocenters. The van der Waals surface area contributed by atoms with E-state index in [2.05, 4.69) is 4.90 Å². The van der Waals surface area contributed by atoms with Gasteiger partial charge in [-0.15, -0.1) is 0 Å². The van der Waals surface area contributed by atoms with Gasteiger partial charge in [0.15, 0.2) is 0 Å². The first-order valence-electron chi connectivity index (χ1n) is 7.81. The number of fused-ring (bicyclic) bond motifs is 1. The van der Waals surface area contributed by atoms with E-state index in [-0.39, 0.29) is 11.4 Å². The van der Waals surface area contributed by atoms with Crippen LogP contribution < -0.4 is 0 Å². The zero-order valence-electron chi connectivity index (χ0n) is 12.5. The molecule has 0 aliphatic carbocycles. The van der Waals surface area contributed by atoms with Crippen LogP contribution in [0.4, 0.5) is 0 Å². The topological polar surface area (TPSA) is 49.9 Å². The Morgan fingerprint density at radius 2 is 1.90 bits per heavy atom. The van der Waals surface area contributed by atoms with Gasteiger partial charge in [-0.3, -0.25) is 0 Å². The van der Waals surface area contributed by atoms with Crippen molar-refractivity contribution in [2.24, 2.45) is 11.8 Å². The molecule has 3 heterocycles. The summed E-state index contributed by atoms with van der Waals surface area (Å²) in [5.41, 5.74) is 0. The number of likely N-dealkylation sites (tertiary alicyclic amines) is 1. The summed E-state index contributed by atoms with van der Waals surface area (Å²) < 4.78 is 32.1. The van der Waals surface area contributed by atoms with Gasteiger partial charge in [0.05, 0.1) is 18.0 Å². The number of sulfonamides is 1. The van der Waals surface area contributed by atoms with Crippen LogP contribution in [0.15, 0.2) is 0 Å². The predicted molar refractivity (Wildman–Crippen MR) is 78.0 cm³/mol. The van der Waals surface area contributed by atoms with Crippen molar-refractivity contribution in [2.45, 2.75) is 38.0 Å². The number of ether oxygens (including phenoxy) is 1. The molecule has 3 atom stereocenters. The molecular weight excluding hydrogens is 276 g/mol. The first-order chi connectivity index (χ1) is 9.48. The van der Waals surface area contributed by atoms with Crippen molar-refractivity contribution >= 4 is 10.0 Å². The third kappa shape index (κ3) is 2.63. The summed E-state index contributed by atoms with van der Waals surface area (Å²) >= 11 is 0. The van der Waals surface area contributed by atoms with Gasteiger partial charge >= 0.3 is 0 Å². The lowest BCUT2D eigenvalue weighted by Crippen LogP contribution is -2.37. The van der Waals surface area contributed by atoms with E-state index in [1.165, 1.54) is 25.9 Å². The minimum Gasteiger partial charge on any atom is -0.376 e. The monoisotopic (exact) mass is 302 g/mol. The van der Waals surface area contributed by atoms with Crippen molar-refractivity contribution < 1.29 is 13.2 Å². The fourth-order valence-corrected chi connectivity index (χ4v) is 5.08. The zero-order valence-corrected chi connectivity index (χ0v) is 13.3. The Kier molecular flexibility index (Phi) is 4.10. The molecule has 3 aliphatic rings. The highest BCUT2D eigenvalue weighted by Gasteiger charge is 2.47. The van der Waals surface area contributed by atoms with E-state index in [0.29, 0.717) is 24.9 Å². The summed E-state index contributed by atoms with van der Waals surface area (Å²) in [6.07, 6.45) is 2.72. The fourth-order valence-electron chi connectivity index (χ4n) is 3.75. The molecule has 0 N–H and O–H groups in total. The maximum Gasteiger partial charge on any atom is 0.216 e. The zero-order chi connectivity index (χ0) is 14.3. The predicted octanol–water partition coefficient (Wildman–Crippen LogP) is 0.767. The second-order valence-electron chi connectivity index (χ2n) is 6.71. The van der Waals surface area contributed by atoms with Gasteiger partial charge in [0.25, 0.3) is 0 Å². The van der Waals surface area contributed by atoms with Gasteiger partial charge < -0.3 is 9.64 Å². The molecule has 0 radical (unpaired) electrons. The van der Waals surface area contributed by atoms with E-state index in [0.717, 1.165) is 13.2 Å². The summed E-state index contributed by atoms with van der Waals surface area (Å²) in [6.45, 7) is 9.01. The Bertz CT molecular complexity index is 445. The molecule has 0 aromatic heterocycles. The Labute approximate surface area is 122 Å². The van der Waals surface area contributed by atoms with Gasteiger partial charge in [-0.1, -0.05) is 0 Å². The molecule has 3 fully saturated rings. The van der Waals surface area contributed by atoms with E-state index < -0.39 is 10.0 Å². The lowest BCUT2D eigenvalue weighted by molar-refractivity contribution is 0.101. The molecule has 0 amide bonds. The molecule has 0 saturated carbocycles. The van der Waals surface area contributed by atoms with Crippen LogP contribution in [0.25, 0.3) is 0 Å². The molecule has 20 heavy (non-hydrogen) atoms. The third-order valence-corrected chi connectivity index (χ3v) is 7.26. The third-order valence-electron chi connectivity index (χ3n) is 5.05. The van der Waals surface area contributed by atoms with E-state index >= 15 is 0 Å². The molecule has 0 bridgehead atoms. The quantitative estimate of drug-likeness (QED) is 0.769. The highest BCUT2D eigenvalue weighted by Crippen LogP contribution is 2.36. The van der Waals surface area contributed by atoms with Crippen molar-refractivity contribution in [3.05, 3.63) is 0 Å². The van der Waals surface area contributed by atoms with Crippen LogP contribution in [0.5, 0.6) is 0 Å². The lowest BCUT2D eigenvalue weighted by atomic mass is 9.93. The van der Waals surface area contributed by atoms with E-state index in [1.807, 2.05) is 0 Å². The van der Waals surface area contributed by atoms with E-state index in [1.54, 1.807) is 18.2 Å². The minimum atomic E-state index is -3.13. The molecular formula is C14H26N2O3S. The highest BCUT2D eigenvalue weighted by atomic mass is 32.2. The summed E-state index contributed by atoms with van der Waals surface area (Å²) in [6, 6.07) is 0. The molecule has 116 valence electrons. The van der Waals surface area contributed by atoms with Crippen LogP contribution in [0, 0.1) is 11.8 Å². The second-order valence-corrected chi connectivity index (χ2v) is 9.20. The molecule has 3 aliphatic heterocycles. The van der Waals surface area contributed by atoms with Crippen molar-refractivity contribution in [2.75, 3.05) is 39.3 Å². The molecule has 3 rings (SSSR count). The van der Waals surface area contributed by atoms with Crippen molar-refractivity contribution in [3.63, 3.8) is 0 Å². The highest BCUT2D eigenvalue weighted by molar-refractivity contribution is 7.89. The first kappa shape index (κ1) is 14.8. The van der Waals surface area contributed by atoms with Crippen LogP contribution in [-0.2, 0) is 14.8 Å². The standard InChI is InChI=1S/C14H26N2O3S/c1-11(2)20(17,18)16-8-13-12(10-19-14(13)9-16)7-15-5-3-4-6-15/h11-14H,3-10H2,1-2H3/t12-,13+,14+/m0/s1. The Balaban J connectivity index is 1.63. The average Bonchev–Trinajstić information content (AvgIpc) is 3.08. The molecule has 0 aromatic rings. The fraction of sp³-hybridized carbons (Fsp3) is 1.00. The van der Waals surface area contributed by atoms with Gasteiger partial charge in [0.2, 0.25) is 10.0 Å². The van der Waals surface area contributed by atoms with Crippen molar-refractivity contribution in [1.82, 2.24) is 9.21 Å². The summed E-state index contributed by atoms with van der Waals surface area (Å²) in [5.74, 6) is 0.898. The Hall–Kier alpha value is -0.170. The average molecular weight is 302 g/mol. The molecule has 5 nitrogen and oxygen atoms in total. The summed E-state index contributed by atoms with van der Waals surface area (Å²) in [4.78, 5) is 2.51. The molecule has 0 aromatic carbocycles. The number of rotatable bonds is 4. The van der Waals surface area contributed by atoms with Gasteiger partial charge in [-0.2, -0.15) is 4.31 Å². The molecule has 6 heteroatoms. The normalized spacial score (nSPS) is 36.0. The van der Waals surface area contributed by atoms with E-state index in [4.69, 9.17) is 4.74 Å². The van der Waals surface area contributed by atoms with Crippen LogP contribution in [0.3, 0.4) is 0 Å². The smallest absolute Gasteiger partial charge is 0.216 e. The largest absolute Gasteiger partial charge is 0.376 e. The van der Waals surface area contributed by atoms with Crippen molar-refractivity contribution in [3.8, 4) is 0 Å². The van der Waals surface area contributed by atoms with Crippen LogP contribution >= 0.6 is 0 Å². The van der Waals surface area contributed by atoms with Gasteiger partial charge in [-0.25, -0.2) is 8.42 Å². The SMILES string of the molecule is CC(C)S(=O)(=O)N1C[C@@H]2[C@@H](CN3CCCC3)CO[C@@H]2C1. The van der Waals surface area contributed by atoms with Gasteiger partial charge in [0, 0.05) is 31.5 Å². The van der Waals surface area contributed by atoms with Gasteiger partial charge in [0.1, 0.15) is 0 Å². The van der Waals surface area contributed by atoms with Crippen LogP contribution in [0.2, 0.25) is 0 Å². The minimum absolute atomic E-state index is 0.121. The maximum atomic E-state index is 12.3. The maximum absolute atomic E-state index is 12.3. The second kappa shape index (κ2) is 5.55. The van der Waals surface area contributed by atoms with E-state index in [9.17, 15) is 8.42 Å². The summed E-state index contributed by atoms with van der Waals surface area (Å²) in [7, 11) is -3.13. The number of nitrogens with zero attached hydrogens (tertiary/aromatic N) is 2. The first-order valence-corrected chi connectivity index (χ1v) is 9.31. The molecule has 0 spiro atoms. The van der Waals surface area contributed by atoms with Crippen LogP contribution in [0.1, 0.15) is 26.7 Å². The molecule has 3 saturated heterocycles. The number of hydrogen-bond donors (Lipinski definition) is 0. The summed E-state index contributed by atoms with van der Waals surface area (Å²) in [5, 5.41) is -0.335. The lowest BCUT2D eigenvalue weighted by Gasteiger charge is -2.24. The van der Waals surface area contributed by atoms with Gasteiger partial charge in [-0.05, 0) is 39.8 Å². The Morgan fingerprint density at radius 1 is 1.20 bits per heavy atom. The van der Waals surface area contributed by atoms with Crippen LogP contribution in [-0.4, -0.2) is 68.3 Å².